The molecule has 0 bridgehead atoms. The third kappa shape index (κ3) is 10.7. The fourth-order valence-electron chi connectivity index (χ4n) is 3.69. The van der Waals surface area contributed by atoms with Gasteiger partial charge in [-0.15, -0.1) is 0 Å². The molecule has 0 radical (unpaired) electrons. The molecule has 46 heavy (non-hydrogen) atoms. The van der Waals surface area contributed by atoms with Crippen molar-refractivity contribution in [2.24, 2.45) is 0 Å². The molecule has 0 amide bonds. The molecular formula is C23H37FN2O18P2. The van der Waals surface area contributed by atoms with Crippen LogP contribution < -0.4 is 11.2 Å². The van der Waals surface area contributed by atoms with Crippen LogP contribution in [0.5, 0.6) is 0 Å². The van der Waals surface area contributed by atoms with Crippen molar-refractivity contribution in [3.63, 3.8) is 0 Å². The predicted octanol–water partition coefficient (Wildman–Crippen LogP) is 1.34. The van der Waals surface area contributed by atoms with Gasteiger partial charge in [0.2, 0.25) is 13.6 Å². The summed E-state index contributed by atoms with van der Waals surface area (Å²) in [6.45, 7) is 1.65. The molecule has 0 saturated carbocycles. The van der Waals surface area contributed by atoms with E-state index in [1.54, 1.807) is 0 Å². The van der Waals surface area contributed by atoms with E-state index in [-0.39, 0.29) is 0 Å². The van der Waals surface area contributed by atoms with Gasteiger partial charge in [-0.1, -0.05) is 0 Å². The second kappa shape index (κ2) is 15.9. The fourth-order valence-corrected chi connectivity index (χ4v) is 4.99. The number of carbonyl (C=O) groups excluding carboxylic acids is 2. The second-order valence-electron chi connectivity index (χ2n) is 10.5. The van der Waals surface area contributed by atoms with Gasteiger partial charge in [-0.3, -0.25) is 23.0 Å². The number of carbonyl (C=O) groups is 2. The average molecular weight is 710 g/mol. The highest BCUT2D eigenvalue weighted by Gasteiger charge is 2.63. The number of rotatable bonds is 16. The van der Waals surface area contributed by atoms with Crippen molar-refractivity contribution in [2.45, 2.75) is 77.1 Å². The molecule has 3 N–H and O–H groups in total. The van der Waals surface area contributed by atoms with Gasteiger partial charge >= 0.3 is 33.4 Å². The Kier molecular flexibility index (Phi) is 13.7. The van der Waals surface area contributed by atoms with Gasteiger partial charge in [0, 0.05) is 18.9 Å². The number of hydrogen-bond donors (Lipinski definition) is 3. The van der Waals surface area contributed by atoms with E-state index >= 15 is 0 Å². The van der Waals surface area contributed by atoms with E-state index < -0.39 is 108 Å². The Morgan fingerprint density at radius 2 is 1.54 bits per heavy atom. The Morgan fingerprint density at radius 3 is 2.00 bits per heavy atom. The summed E-state index contributed by atoms with van der Waals surface area (Å²) in [5.74, 6) is 0. The molecule has 20 nitrogen and oxygen atoms in total. The highest BCUT2D eigenvalue weighted by Crippen LogP contribution is 2.52. The normalized spacial score (nSPS) is 24.5. The smallest absolute Gasteiger partial charge is 0.432 e. The van der Waals surface area contributed by atoms with Crippen molar-refractivity contribution in [2.75, 3.05) is 33.5 Å². The number of aliphatic hydroxyl groups is 2. The van der Waals surface area contributed by atoms with Gasteiger partial charge in [0.05, 0.1) is 18.8 Å². The van der Waals surface area contributed by atoms with Crippen LogP contribution in [0.25, 0.3) is 0 Å². The lowest BCUT2D eigenvalue weighted by atomic mass is 9.88. The minimum absolute atomic E-state index is 0.356. The van der Waals surface area contributed by atoms with Crippen molar-refractivity contribution in [1.82, 2.24) is 9.13 Å². The Labute approximate surface area is 260 Å². The Morgan fingerprint density at radius 1 is 1.02 bits per heavy atom. The zero-order chi connectivity index (χ0) is 35.1. The first-order valence-electron chi connectivity index (χ1n) is 13.3. The SMILES string of the molecule is CC(C)OC(=O)OCOP(=O)(OCOC(=O)OC(C)C)OC[C@@]1(CF)O[C@@H](n2ccc(=O)n(COP(C)(=O)O)c2=O)[C@](C)(O)[C@@H]1O. The van der Waals surface area contributed by atoms with E-state index in [0.29, 0.717) is 9.13 Å². The van der Waals surface area contributed by atoms with Gasteiger partial charge in [0.25, 0.3) is 5.56 Å². The first-order valence-corrected chi connectivity index (χ1v) is 16.8. The van der Waals surface area contributed by atoms with Gasteiger partial charge < -0.3 is 38.8 Å². The number of phosphoric acid groups is 1. The molecule has 0 spiro atoms. The molecule has 2 rings (SSSR count). The molecule has 2 heterocycles. The number of aliphatic hydroxyl groups excluding tert-OH is 1. The number of nitrogens with zero attached hydrogens (tertiary/aromatic N) is 2. The molecule has 1 aromatic rings. The summed E-state index contributed by atoms with van der Waals surface area (Å²) < 4.78 is 84.1. The van der Waals surface area contributed by atoms with Gasteiger partial charge in [-0.2, -0.15) is 0 Å². The largest absolute Gasteiger partial charge is 0.510 e. The lowest BCUT2D eigenvalue weighted by Gasteiger charge is -2.31. The summed E-state index contributed by atoms with van der Waals surface area (Å²) in [6.07, 6.45) is -7.04. The molecule has 1 saturated heterocycles. The molecule has 1 fully saturated rings. The summed E-state index contributed by atoms with van der Waals surface area (Å²) in [5.41, 5.74) is -7.37. The molecule has 1 aromatic heterocycles. The van der Waals surface area contributed by atoms with Crippen LogP contribution in [0, 0.1) is 0 Å². The molecule has 5 atom stereocenters. The summed E-state index contributed by atoms with van der Waals surface area (Å²) in [5, 5.41) is 22.1. The van der Waals surface area contributed by atoms with Crippen molar-refractivity contribution in [3.8, 4) is 0 Å². The Bertz CT molecular complexity index is 1390. The van der Waals surface area contributed by atoms with Crippen molar-refractivity contribution in [1.29, 1.82) is 0 Å². The third-order valence-corrected chi connectivity index (χ3v) is 7.69. The van der Waals surface area contributed by atoms with Crippen molar-refractivity contribution >= 4 is 27.7 Å². The van der Waals surface area contributed by atoms with E-state index in [4.69, 9.17) is 27.8 Å². The van der Waals surface area contributed by atoms with Gasteiger partial charge in [-0.25, -0.2) is 37.0 Å². The molecule has 1 unspecified atom stereocenters. The van der Waals surface area contributed by atoms with Crippen LogP contribution in [-0.4, -0.2) is 99.6 Å². The van der Waals surface area contributed by atoms with E-state index in [1.165, 1.54) is 27.7 Å². The highest BCUT2D eigenvalue weighted by molar-refractivity contribution is 7.51. The fraction of sp³-hybridized carbons (Fsp3) is 0.739. The monoisotopic (exact) mass is 710 g/mol. The molecule has 1 aliphatic heterocycles. The van der Waals surface area contributed by atoms with Crippen LogP contribution in [0.2, 0.25) is 0 Å². The van der Waals surface area contributed by atoms with Crippen LogP contribution in [0.3, 0.4) is 0 Å². The van der Waals surface area contributed by atoms with Gasteiger partial charge in [-0.05, 0) is 34.6 Å². The zero-order valence-corrected chi connectivity index (χ0v) is 27.4. The summed E-state index contributed by atoms with van der Waals surface area (Å²) in [4.78, 5) is 58.0. The Balaban J connectivity index is 2.33. The molecule has 0 aliphatic carbocycles. The number of aromatic nitrogens is 2. The Hall–Kier alpha value is -2.71. The quantitative estimate of drug-likeness (QED) is 0.124. The summed E-state index contributed by atoms with van der Waals surface area (Å²) in [7, 11) is -9.16. The van der Waals surface area contributed by atoms with Crippen LogP contribution in [0.15, 0.2) is 21.9 Å². The minimum atomic E-state index is -5.00. The maximum atomic E-state index is 14.6. The van der Waals surface area contributed by atoms with Crippen LogP contribution in [-0.2, 0) is 57.6 Å². The van der Waals surface area contributed by atoms with Crippen LogP contribution >= 0.6 is 15.4 Å². The maximum Gasteiger partial charge on any atom is 0.510 e. The number of halogens is 1. The van der Waals surface area contributed by atoms with E-state index in [2.05, 4.69) is 14.0 Å². The van der Waals surface area contributed by atoms with E-state index in [1.807, 2.05) is 0 Å². The second-order valence-corrected chi connectivity index (χ2v) is 14.0. The first-order chi connectivity index (χ1) is 21.2. The van der Waals surface area contributed by atoms with Gasteiger partial charge in [0.15, 0.2) is 11.8 Å². The standard InChI is InChI=1S/C23H37FN2O18P2/c1-14(2)42-20(30)36-12-40-46(35,41-13-37-21(31)43-15(3)4)38-10-23(9-24)17(28)22(5,32)18(44-23)25-8-7-16(27)26(19(25)29)11-39-45(6,33)34/h7-8,14-15,17-18,28,32H,9-13H2,1-6H3,(H,33,34)/t17-,18+,22+,23+/m0/s1. The lowest BCUT2D eigenvalue weighted by Crippen LogP contribution is -2.53. The molecular weight excluding hydrogens is 673 g/mol. The number of alkyl halides is 1. The van der Waals surface area contributed by atoms with Crippen molar-refractivity contribution < 1.29 is 80.0 Å². The number of phosphoric ester groups is 1. The van der Waals surface area contributed by atoms with Crippen LogP contribution in [0.4, 0.5) is 14.0 Å². The third-order valence-electron chi connectivity index (χ3n) is 5.81. The molecule has 1 aliphatic rings. The van der Waals surface area contributed by atoms with Crippen LogP contribution in [0.1, 0.15) is 40.8 Å². The van der Waals surface area contributed by atoms with E-state index in [9.17, 15) is 47.8 Å². The average Bonchev–Trinajstić information content (AvgIpc) is 3.11. The summed E-state index contributed by atoms with van der Waals surface area (Å²) >= 11 is 0. The summed E-state index contributed by atoms with van der Waals surface area (Å²) in [6, 6.07) is 0.797. The van der Waals surface area contributed by atoms with Gasteiger partial charge in [0.1, 0.15) is 25.1 Å². The lowest BCUT2D eigenvalue weighted by molar-refractivity contribution is -0.142. The number of ether oxygens (including phenoxy) is 5. The first kappa shape index (κ1) is 39.5. The molecule has 0 aromatic carbocycles. The maximum absolute atomic E-state index is 14.6. The number of hydrogen-bond acceptors (Lipinski definition) is 17. The highest BCUT2D eigenvalue weighted by atomic mass is 31.2. The topological polar surface area (TPSA) is 256 Å². The molecule has 23 heteroatoms. The molecule has 264 valence electrons. The van der Waals surface area contributed by atoms with E-state index in [0.717, 1.165) is 25.9 Å². The zero-order valence-electron chi connectivity index (χ0n) is 25.6. The predicted molar refractivity (Wildman–Crippen MR) is 148 cm³/mol. The minimum Gasteiger partial charge on any atom is -0.432 e. The van der Waals surface area contributed by atoms with Crippen molar-refractivity contribution in [3.05, 3.63) is 33.1 Å².